The number of hydrogen-bond donors (Lipinski definition) is 1. The number of hydrogen-bond acceptors (Lipinski definition) is 3. The predicted octanol–water partition coefficient (Wildman–Crippen LogP) is 4.61. The molecule has 0 bridgehead atoms. The highest BCUT2D eigenvalue weighted by atomic mass is 32.1. The molecule has 2 aromatic heterocycles. The van der Waals surface area contributed by atoms with Crippen LogP contribution in [0.2, 0.25) is 0 Å². The minimum Gasteiger partial charge on any atom is -0.326 e. The summed E-state index contributed by atoms with van der Waals surface area (Å²) in [4.78, 5) is 4.59. The van der Waals surface area contributed by atoms with E-state index < -0.39 is 0 Å². The monoisotopic (exact) mass is 283 g/mol. The van der Waals surface area contributed by atoms with Crippen LogP contribution in [-0.4, -0.2) is 9.55 Å². The Morgan fingerprint density at radius 3 is 2.70 bits per heavy atom. The van der Waals surface area contributed by atoms with Gasteiger partial charge in [0.2, 0.25) is 5.95 Å². The molecule has 3 aromatic rings. The third-order valence-electron chi connectivity index (χ3n) is 3.33. The zero-order valence-corrected chi connectivity index (χ0v) is 12.4. The molecule has 0 aliphatic heterocycles. The van der Waals surface area contributed by atoms with Crippen LogP contribution in [0.15, 0.2) is 53.4 Å². The van der Waals surface area contributed by atoms with Crippen LogP contribution < -0.4 is 5.32 Å². The van der Waals surface area contributed by atoms with Crippen LogP contribution >= 0.6 is 11.3 Å². The average molecular weight is 283 g/mol. The number of nitrogens with zero attached hydrogens (tertiary/aromatic N) is 2. The maximum absolute atomic E-state index is 4.59. The first-order valence-corrected chi connectivity index (χ1v) is 7.58. The number of thiophene rings is 1. The Balaban J connectivity index is 1.92. The number of aromatic nitrogens is 2. The van der Waals surface area contributed by atoms with Gasteiger partial charge in [0.25, 0.3) is 0 Å². The van der Waals surface area contributed by atoms with Gasteiger partial charge in [0.15, 0.2) is 0 Å². The normalized spacial score (nSPS) is 12.3. The highest BCUT2D eigenvalue weighted by Gasteiger charge is 2.14. The minimum atomic E-state index is 0.272. The molecule has 1 unspecified atom stereocenters. The third-order valence-corrected chi connectivity index (χ3v) is 4.03. The summed E-state index contributed by atoms with van der Waals surface area (Å²) in [7, 11) is 0. The van der Waals surface area contributed by atoms with Crippen LogP contribution in [0.1, 0.15) is 24.2 Å². The molecule has 0 amide bonds. The second-order valence-corrected chi connectivity index (χ2v) is 5.62. The summed E-state index contributed by atoms with van der Waals surface area (Å²) in [6, 6.07) is 12.6. The van der Waals surface area contributed by atoms with E-state index in [0.29, 0.717) is 0 Å². The Bertz CT molecular complexity index is 671. The van der Waals surface area contributed by atoms with Crippen molar-refractivity contribution in [1.29, 1.82) is 0 Å². The molecular formula is C16H17N3S. The number of imidazole rings is 1. The van der Waals surface area contributed by atoms with E-state index in [1.807, 2.05) is 37.3 Å². The summed E-state index contributed by atoms with van der Waals surface area (Å²) in [6.45, 7) is 4.21. The van der Waals surface area contributed by atoms with Gasteiger partial charge in [0.1, 0.15) is 0 Å². The molecular weight excluding hydrogens is 266 g/mol. The zero-order chi connectivity index (χ0) is 13.9. The van der Waals surface area contributed by atoms with Gasteiger partial charge in [-0.25, -0.2) is 4.98 Å². The SMILES string of the molecule is Cc1cn(C(C)c2ccsc2)c(Nc2ccccc2)n1. The molecule has 1 aromatic carbocycles. The first kappa shape index (κ1) is 12.9. The summed E-state index contributed by atoms with van der Waals surface area (Å²) in [6.07, 6.45) is 2.09. The van der Waals surface area contributed by atoms with E-state index in [1.165, 1.54) is 5.56 Å². The number of nitrogens with one attached hydrogen (secondary N) is 1. The molecule has 1 atom stereocenters. The van der Waals surface area contributed by atoms with Gasteiger partial charge < -0.3 is 9.88 Å². The number of anilines is 2. The van der Waals surface area contributed by atoms with Crippen molar-refractivity contribution in [2.75, 3.05) is 5.32 Å². The molecule has 0 aliphatic rings. The van der Waals surface area contributed by atoms with Crippen molar-refractivity contribution >= 4 is 23.0 Å². The number of para-hydroxylation sites is 1. The van der Waals surface area contributed by atoms with Gasteiger partial charge in [-0.3, -0.25) is 0 Å². The lowest BCUT2D eigenvalue weighted by atomic mass is 10.2. The molecule has 3 rings (SSSR count). The third kappa shape index (κ3) is 2.60. The number of aryl methyl sites for hydroxylation is 1. The van der Waals surface area contributed by atoms with E-state index in [-0.39, 0.29) is 6.04 Å². The van der Waals surface area contributed by atoms with Crippen molar-refractivity contribution in [2.45, 2.75) is 19.9 Å². The number of benzene rings is 1. The summed E-state index contributed by atoms with van der Waals surface area (Å²) < 4.78 is 2.18. The highest BCUT2D eigenvalue weighted by molar-refractivity contribution is 7.07. The lowest BCUT2D eigenvalue weighted by Gasteiger charge is -2.16. The fraction of sp³-hybridized carbons (Fsp3) is 0.188. The summed E-state index contributed by atoms with van der Waals surface area (Å²) in [5, 5.41) is 7.69. The second kappa shape index (κ2) is 5.51. The maximum Gasteiger partial charge on any atom is 0.208 e. The van der Waals surface area contributed by atoms with Crippen LogP contribution in [0, 0.1) is 6.92 Å². The molecule has 2 heterocycles. The molecule has 102 valence electrons. The molecule has 0 radical (unpaired) electrons. The van der Waals surface area contributed by atoms with Crippen LogP contribution in [0.25, 0.3) is 0 Å². The quantitative estimate of drug-likeness (QED) is 0.758. The first-order chi connectivity index (χ1) is 9.74. The second-order valence-electron chi connectivity index (χ2n) is 4.84. The van der Waals surface area contributed by atoms with Gasteiger partial charge >= 0.3 is 0 Å². The molecule has 4 heteroatoms. The largest absolute Gasteiger partial charge is 0.326 e. The standard InChI is InChI=1S/C16H17N3S/c1-12-10-19(13(2)14-8-9-20-11-14)16(17-12)18-15-6-4-3-5-7-15/h3-11,13H,1-2H3,(H,17,18). The summed E-state index contributed by atoms with van der Waals surface area (Å²) in [5.74, 6) is 0.882. The van der Waals surface area contributed by atoms with E-state index in [4.69, 9.17) is 0 Å². The first-order valence-electron chi connectivity index (χ1n) is 6.63. The van der Waals surface area contributed by atoms with E-state index in [1.54, 1.807) is 11.3 Å². The molecule has 3 nitrogen and oxygen atoms in total. The Labute approximate surface area is 122 Å². The zero-order valence-electron chi connectivity index (χ0n) is 11.6. The van der Waals surface area contributed by atoms with E-state index >= 15 is 0 Å². The fourth-order valence-corrected chi connectivity index (χ4v) is 2.97. The Kier molecular flexibility index (Phi) is 3.56. The molecule has 20 heavy (non-hydrogen) atoms. The lowest BCUT2D eigenvalue weighted by molar-refractivity contribution is 0.649. The van der Waals surface area contributed by atoms with Crippen molar-refractivity contribution in [3.8, 4) is 0 Å². The lowest BCUT2D eigenvalue weighted by Crippen LogP contribution is -2.08. The van der Waals surface area contributed by atoms with Gasteiger partial charge in [-0.05, 0) is 48.4 Å². The average Bonchev–Trinajstić information content (AvgIpc) is 3.09. The van der Waals surface area contributed by atoms with Crippen LogP contribution in [0.5, 0.6) is 0 Å². The van der Waals surface area contributed by atoms with E-state index in [2.05, 4.69) is 44.8 Å². The van der Waals surface area contributed by atoms with Crippen molar-refractivity contribution in [1.82, 2.24) is 9.55 Å². The van der Waals surface area contributed by atoms with Crippen molar-refractivity contribution < 1.29 is 0 Å². The molecule has 0 fully saturated rings. The topological polar surface area (TPSA) is 29.9 Å². The van der Waals surface area contributed by atoms with Gasteiger partial charge in [-0.15, -0.1) is 0 Å². The van der Waals surface area contributed by atoms with Gasteiger partial charge in [-0.2, -0.15) is 11.3 Å². The van der Waals surface area contributed by atoms with Gasteiger partial charge in [0.05, 0.1) is 11.7 Å². The molecule has 0 saturated carbocycles. The van der Waals surface area contributed by atoms with E-state index in [0.717, 1.165) is 17.3 Å². The molecule has 0 saturated heterocycles. The van der Waals surface area contributed by atoms with Crippen molar-refractivity contribution in [3.05, 3.63) is 64.6 Å². The number of rotatable bonds is 4. The molecule has 1 N–H and O–H groups in total. The Morgan fingerprint density at radius 1 is 1.20 bits per heavy atom. The predicted molar refractivity (Wildman–Crippen MR) is 84.8 cm³/mol. The van der Waals surface area contributed by atoms with Crippen LogP contribution in [-0.2, 0) is 0 Å². The smallest absolute Gasteiger partial charge is 0.208 e. The molecule has 0 spiro atoms. The summed E-state index contributed by atoms with van der Waals surface area (Å²) >= 11 is 1.73. The summed E-state index contributed by atoms with van der Waals surface area (Å²) in [5.41, 5.74) is 3.38. The van der Waals surface area contributed by atoms with Crippen molar-refractivity contribution in [2.24, 2.45) is 0 Å². The highest BCUT2D eigenvalue weighted by Crippen LogP contribution is 2.26. The Hall–Kier alpha value is -2.07. The van der Waals surface area contributed by atoms with Crippen LogP contribution in [0.3, 0.4) is 0 Å². The van der Waals surface area contributed by atoms with E-state index in [9.17, 15) is 0 Å². The molecule has 0 aliphatic carbocycles. The van der Waals surface area contributed by atoms with Gasteiger partial charge in [0, 0.05) is 11.9 Å². The Morgan fingerprint density at radius 2 is 2.00 bits per heavy atom. The van der Waals surface area contributed by atoms with Crippen molar-refractivity contribution in [3.63, 3.8) is 0 Å². The van der Waals surface area contributed by atoms with Gasteiger partial charge in [-0.1, -0.05) is 18.2 Å². The fourth-order valence-electron chi connectivity index (χ4n) is 2.23. The maximum atomic E-state index is 4.59. The van der Waals surface area contributed by atoms with Crippen LogP contribution in [0.4, 0.5) is 11.6 Å². The minimum absolute atomic E-state index is 0.272.